The largest absolute Gasteiger partial charge is 0.467 e. The Kier molecular flexibility index (Phi) is 5.37. The van der Waals surface area contributed by atoms with Gasteiger partial charge in [0.15, 0.2) is 11.9 Å². The van der Waals surface area contributed by atoms with E-state index < -0.39 is 28.1 Å². The van der Waals surface area contributed by atoms with Gasteiger partial charge >= 0.3 is 5.97 Å². The topological polar surface area (TPSA) is 98.7 Å². The predicted molar refractivity (Wildman–Crippen MR) is 104 cm³/mol. The summed E-state index contributed by atoms with van der Waals surface area (Å²) in [5.41, 5.74) is 0.813. The summed E-state index contributed by atoms with van der Waals surface area (Å²) in [6.07, 6.45) is 3.25. The van der Waals surface area contributed by atoms with Crippen LogP contribution in [-0.2, 0) is 24.3 Å². The van der Waals surface area contributed by atoms with Crippen LogP contribution >= 0.6 is 0 Å². The van der Waals surface area contributed by atoms with Crippen molar-refractivity contribution in [2.75, 3.05) is 7.11 Å². The summed E-state index contributed by atoms with van der Waals surface area (Å²) in [6, 6.07) is 8.74. The Hall–Kier alpha value is -2.36. The molecule has 0 radical (unpaired) electrons. The number of carbonyl (C=O) groups is 1. The van der Waals surface area contributed by atoms with Crippen LogP contribution in [0.2, 0.25) is 0 Å². The second kappa shape index (κ2) is 7.81. The van der Waals surface area contributed by atoms with E-state index in [-0.39, 0.29) is 23.5 Å². The van der Waals surface area contributed by atoms with Crippen LogP contribution in [0.1, 0.15) is 26.2 Å². The highest BCUT2D eigenvalue weighted by atomic mass is 32.2. The molecule has 2 aliphatic heterocycles. The number of hydrogen-bond donors (Lipinski definition) is 0. The lowest BCUT2D eigenvalue weighted by atomic mass is 9.95. The van der Waals surface area contributed by atoms with Gasteiger partial charge in [0, 0.05) is 18.0 Å². The van der Waals surface area contributed by atoms with Crippen LogP contribution in [0.4, 0.5) is 0 Å². The summed E-state index contributed by atoms with van der Waals surface area (Å²) in [7, 11) is -2.54. The summed E-state index contributed by atoms with van der Waals surface area (Å²) in [5, 5.41) is 0. The van der Waals surface area contributed by atoms with E-state index in [0.29, 0.717) is 18.7 Å². The highest BCUT2D eigenvalue weighted by Gasteiger charge is 2.50. The zero-order valence-corrected chi connectivity index (χ0v) is 17.1. The molecular formula is C20H23N3O5S. The molecule has 0 saturated carbocycles. The molecule has 3 heterocycles. The van der Waals surface area contributed by atoms with Crippen LogP contribution in [-0.4, -0.2) is 60.1 Å². The zero-order chi connectivity index (χ0) is 20.6. The number of aromatic nitrogens is 2. The number of benzene rings is 1. The summed E-state index contributed by atoms with van der Waals surface area (Å²) in [5.74, 6) is -0.0102. The zero-order valence-electron chi connectivity index (χ0n) is 16.3. The van der Waals surface area contributed by atoms with Crippen molar-refractivity contribution in [2.24, 2.45) is 0 Å². The smallest absolute Gasteiger partial charge is 0.335 e. The monoisotopic (exact) mass is 417 g/mol. The van der Waals surface area contributed by atoms with Gasteiger partial charge in [0.1, 0.15) is 4.90 Å². The van der Waals surface area contributed by atoms with E-state index in [0.717, 1.165) is 5.56 Å². The first-order valence-corrected chi connectivity index (χ1v) is 11.0. The average molecular weight is 417 g/mol. The third-order valence-corrected chi connectivity index (χ3v) is 7.55. The van der Waals surface area contributed by atoms with Crippen LogP contribution in [0.15, 0.2) is 47.6 Å². The van der Waals surface area contributed by atoms with E-state index in [1.807, 2.05) is 37.3 Å². The molecule has 4 rings (SSSR count). The van der Waals surface area contributed by atoms with Gasteiger partial charge in [-0.25, -0.2) is 23.2 Å². The highest BCUT2D eigenvalue weighted by Crippen LogP contribution is 2.38. The minimum atomic E-state index is -3.84. The SMILES string of the molecule is COC(=O)[C@@H]1C[C@@H]2[C@@H](CC[C@H](C)N2S(=O)(=O)c2cnc(-c3ccccc3)nc2)O1. The fraction of sp³-hybridized carbons (Fsp3) is 0.450. The molecule has 0 aliphatic carbocycles. The van der Waals surface area contributed by atoms with Gasteiger partial charge < -0.3 is 9.47 Å². The van der Waals surface area contributed by atoms with Crippen LogP contribution in [0, 0.1) is 0 Å². The number of esters is 1. The second-order valence-electron chi connectivity index (χ2n) is 7.36. The molecule has 154 valence electrons. The molecule has 0 amide bonds. The van der Waals surface area contributed by atoms with Gasteiger partial charge in [0.2, 0.25) is 10.0 Å². The van der Waals surface area contributed by atoms with Crippen molar-refractivity contribution >= 4 is 16.0 Å². The van der Waals surface area contributed by atoms with E-state index in [2.05, 4.69) is 9.97 Å². The lowest BCUT2D eigenvalue weighted by Gasteiger charge is -2.40. The molecule has 0 N–H and O–H groups in total. The summed E-state index contributed by atoms with van der Waals surface area (Å²) in [6.45, 7) is 1.87. The lowest BCUT2D eigenvalue weighted by Crippen LogP contribution is -2.53. The minimum Gasteiger partial charge on any atom is -0.467 e. The fourth-order valence-corrected chi connectivity index (χ4v) is 5.89. The Morgan fingerprint density at radius 1 is 1.17 bits per heavy atom. The summed E-state index contributed by atoms with van der Waals surface area (Å²) < 4.78 is 38.8. The van der Waals surface area contributed by atoms with Gasteiger partial charge in [-0.1, -0.05) is 30.3 Å². The number of piperidine rings is 1. The number of hydrogen-bond acceptors (Lipinski definition) is 7. The molecule has 0 bridgehead atoms. The molecule has 2 aliphatic rings. The maximum absolute atomic E-state index is 13.4. The molecule has 2 fully saturated rings. The molecule has 2 saturated heterocycles. The van der Waals surface area contributed by atoms with Crippen molar-refractivity contribution < 1.29 is 22.7 Å². The molecule has 4 atom stereocenters. The number of carbonyl (C=O) groups excluding carboxylic acids is 1. The maximum atomic E-state index is 13.4. The Bertz CT molecular complexity index is 981. The van der Waals surface area contributed by atoms with Crippen molar-refractivity contribution in [3.05, 3.63) is 42.7 Å². The van der Waals surface area contributed by atoms with Gasteiger partial charge in [-0.15, -0.1) is 0 Å². The molecule has 29 heavy (non-hydrogen) atoms. The van der Waals surface area contributed by atoms with Gasteiger partial charge in [-0.3, -0.25) is 0 Å². The van der Waals surface area contributed by atoms with E-state index in [1.165, 1.54) is 23.8 Å². The van der Waals surface area contributed by atoms with Crippen molar-refractivity contribution in [1.29, 1.82) is 0 Å². The molecule has 9 heteroatoms. The Morgan fingerprint density at radius 3 is 2.52 bits per heavy atom. The van der Waals surface area contributed by atoms with E-state index in [4.69, 9.17) is 9.47 Å². The predicted octanol–water partition coefficient (Wildman–Crippen LogP) is 2.02. The molecule has 8 nitrogen and oxygen atoms in total. The fourth-order valence-electron chi connectivity index (χ4n) is 4.12. The Balaban J connectivity index is 1.62. The number of methoxy groups -OCH3 is 1. The molecule has 0 spiro atoms. The summed E-state index contributed by atoms with van der Waals surface area (Å²) >= 11 is 0. The lowest BCUT2D eigenvalue weighted by molar-refractivity contribution is -0.153. The average Bonchev–Trinajstić information content (AvgIpc) is 3.17. The molecule has 0 unspecified atom stereocenters. The summed E-state index contributed by atoms with van der Waals surface area (Å²) in [4.78, 5) is 20.4. The van der Waals surface area contributed by atoms with E-state index in [1.54, 1.807) is 0 Å². The third-order valence-electron chi connectivity index (χ3n) is 5.55. The minimum absolute atomic E-state index is 0.0335. The van der Waals surface area contributed by atoms with Gasteiger partial charge in [-0.2, -0.15) is 4.31 Å². The first kappa shape index (κ1) is 19.9. The number of rotatable bonds is 4. The van der Waals surface area contributed by atoms with Crippen LogP contribution in [0.5, 0.6) is 0 Å². The quantitative estimate of drug-likeness (QED) is 0.702. The molecule has 1 aromatic carbocycles. The van der Waals surface area contributed by atoms with Gasteiger partial charge in [-0.05, 0) is 19.8 Å². The standard InChI is InChI=1S/C20H23N3O5S/c1-13-8-9-17-16(10-18(28-17)20(24)27-2)23(13)29(25,26)15-11-21-19(22-12-15)14-6-4-3-5-7-14/h3-7,11-13,16-18H,8-10H2,1-2H3/t13-,16+,17+,18-/m0/s1. The maximum Gasteiger partial charge on any atom is 0.335 e. The van der Waals surface area contributed by atoms with Gasteiger partial charge in [0.05, 0.1) is 31.6 Å². The highest BCUT2D eigenvalue weighted by molar-refractivity contribution is 7.89. The molecular weight excluding hydrogens is 394 g/mol. The van der Waals surface area contributed by atoms with Crippen molar-refractivity contribution in [3.63, 3.8) is 0 Å². The Morgan fingerprint density at radius 2 is 1.86 bits per heavy atom. The first-order chi connectivity index (χ1) is 13.9. The van der Waals surface area contributed by atoms with Crippen molar-refractivity contribution in [1.82, 2.24) is 14.3 Å². The molecule has 2 aromatic rings. The van der Waals surface area contributed by atoms with E-state index in [9.17, 15) is 13.2 Å². The number of sulfonamides is 1. The first-order valence-electron chi connectivity index (χ1n) is 9.56. The molecule has 1 aromatic heterocycles. The third kappa shape index (κ3) is 3.65. The van der Waals surface area contributed by atoms with Crippen LogP contribution in [0.3, 0.4) is 0 Å². The normalized spacial score (nSPS) is 27.4. The van der Waals surface area contributed by atoms with Gasteiger partial charge in [0.25, 0.3) is 0 Å². The van der Waals surface area contributed by atoms with Crippen LogP contribution in [0.25, 0.3) is 11.4 Å². The second-order valence-corrected chi connectivity index (χ2v) is 9.20. The van der Waals surface area contributed by atoms with Crippen molar-refractivity contribution in [3.8, 4) is 11.4 Å². The van der Waals surface area contributed by atoms with Crippen molar-refractivity contribution in [2.45, 2.75) is 55.4 Å². The number of nitrogens with zero attached hydrogens (tertiary/aromatic N) is 3. The number of fused-ring (bicyclic) bond motifs is 1. The number of ether oxygens (including phenoxy) is 2. The van der Waals surface area contributed by atoms with E-state index >= 15 is 0 Å². The Labute approximate surface area is 169 Å². The van der Waals surface area contributed by atoms with Crippen LogP contribution < -0.4 is 0 Å².